The third kappa shape index (κ3) is 3.12. The number of hydrogen-bond donors (Lipinski definition) is 1. The molecular formula is C14H17N3O3. The lowest BCUT2D eigenvalue weighted by atomic mass is 9.89. The summed E-state index contributed by atoms with van der Waals surface area (Å²) in [6.45, 7) is 6.87. The minimum atomic E-state index is -1.02. The van der Waals surface area contributed by atoms with E-state index in [1.54, 1.807) is 13.8 Å². The fraction of sp³-hybridized carbons (Fsp3) is 0.429. The number of nitrogens with zero attached hydrogens (tertiary/aromatic N) is 2. The van der Waals surface area contributed by atoms with Gasteiger partial charge in [-0.15, -0.1) is 0 Å². The van der Waals surface area contributed by atoms with Crippen LogP contribution in [-0.2, 0) is 0 Å². The molecule has 0 aliphatic heterocycles. The average Bonchev–Trinajstić information content (AvgIpc) is 2.38. The standard InChI is InChI=1S/C14H17N3O3/c1-9(2)14(4,8-15)16-13(18)11-6-5-10(3)12(7-11)17(19)20/h5-7,9H,1-4H3,(H,16,18). The maximum atomic E-state index is 12.1. The highest BCUT2D eigenvalue weighted by Crippen LogP contribution is 2.21. The van der Waals surface area contributed by atoms with Crippen molar-refractivity contribution in [2.75, 3.05) is 0 Å². The molecule has 1 amide bonds. The Bertz CT molecular complexity index is 590. The second-order valence-corrected chi connectivity index (χ2v) is 5.18. The third-order valence-electron chi connectivity index (χ3n) is 3.43. The van der Waals surface area contributed by atoms with E-state index in [1.165, 1.54) is 18.2 Å². The van der Waals surface area contributed by atoms with E-state index >= 15 is 0 Å². The molecule has 1 aromatic rings. The first-order valence-electron chi connectivity index (χ1n) is 6.20. The largest absolute Gasteiger partial charge is 0.334 e. The van der Waals surface area contributed by atoms with Crippen LogP contribution in [0, 0.1) is 34.3 Å². The van der Waals surface area contributed by atoms with Crippen molar-refractivity contribution in [1.82, 2.24) is 5.32 Å². The number of amides is 1. The molecule has 1 N–H and O–H groups in total. The molecule has 1 atom stereocenters. The lowest BCUT2D eigenvalue weighted by Gasteiger charge is -2.27. The summed E-state index contributed by atoms with van der Waals surface area (Å²) in [4.78, 5) is 22.5. The molecule has 0 aliphatic carbocycles. The molecule has 0 saturated carbocycles. The van der Waals surface area contributed by atoms with E-state index in [9.17, 15) is 14.9 Å². The minimum absolute atomic E-state index is 0.0862. The minimum Gasteiger partial charge on any atom is -0.334 e. The van der Waals surface area contributed by atoms with Crippen molar-refractivity contribution >= 4 is 11.6 Å². The molecule has 0 saturated heterocycles. The van der Waals surface area contributed by atoms with Crippen molar-refractivity contribution in [2.45, 2.75) is 33.2 Å². The molecule has 0 fully saturated rings. The van der Waals surface area contributed by atoms with Gasteiger partial charge in [-0.25, -0.2) is 0 Å². The van der Waals surface area contributed by atoms with Crippen LogP contribution in [0.1, 0.15) is 36.7 Å². The van der Waals surface area contributed by atoms with Gasteiger partial charge in [-0.3, -0.25) is 14.9 Å². The van der Waals surface area contributed by atoms with E-state index in [1.807, 2.05) is 13.8 Å². The maximum Gasteiger partial charge on any atom is 0.273 e. The van der Waals surface area contributed by atoms with Gasteiger partial charge >= 0.3 is 0 Å². The van der Waals surface area contributed by atoms with Gasteiger partial charge in [0.2, 0.25) is 0 Å². The van der Waals surface area contributed by atoms with Crippen LogP contribution in [0.5, 0.6) is 0 Å². The van der Waals surface area contributed by atoms with E-state index < -0.39 is 16.4 Å². The van der Waals surface area contributed by atoms with Crippen LogP contribution in [0.2, 0.25) is 0 Å². The average molecular weight is 275 g/mol. The maximum absolute atomic E-state index is 12.1. The molecule has 106 valence electrons. The zero-order valence-electron chi connectivity index (χ0n) is 11.9. The fourth-order valence-electron chi connectivity index (χ4n) is 1.56. The highest BCUT2D eigenvalue weighted by Gasteiger charge is 2.30. The monoisotopic (exact) mass is 275 g/mol. The van der Waals surface area contributed by atoms with E-state index in [0.717, 1.165) is 0 Å². The van der Waals surface area contributed by atoms with Gasteiger partial charge in [0, 0.05) is 17.2 Å². The van der Waals surface area contributed by atoms with Crippen molar-refractivity contribution in [1.29, 1.82) is 5.26 Å². The zero-order chi connectivity index (χ0) is 15.5. The number of hydrogen-bond acceptors (Lipinski definition) is 4. The molecule has 0 spiro atoms. The number of nitro benzene ring substituents is 1. The number of carbonyl (C=O) groups is 1. The molecule has 6 heteroatoms. The third-order valence-corrected chi connectivity index (χ3v) is 3.43. The quantitative estimate of drug-likeness (QED) is 0.674. The molecular weight excluding hydrogens is 258 g/mol. The van der Waals surface area contributed by atoms with Crippen LogP contribution in [-0.4, -0.2) is 16.4 Å². The van der Waals surface area contributed by atoms with Crippen LogP contribution in [0.25, 0.3) is 0 Å². The molecule has 20 heavy (non-hydrogen) atoms. The Morgan fingerprint density at radius 1 is 1.50 bits per heavy atom. The number of aryl methyl sites for hydroxylation is 1. The van der Waals surface area contributed by atoms with Crippen LogP contribution in [0.3, 0.4) is 0 Å². The normalized spacial score (nSPS) is 13.4. The number of nitrogens with one attached hydrogen (secondary N) is 1. The number of rotatable bonds is 4. The van der Waals surface area contributed by atoms with Gasteiger partial charge in [-0.2, -0.15) is 5.26 Å². The summed E-state index contributed by atoms with van der Waals surface area (Å²) in [5, 5.41) is 22.7. The van der Waals surface area contributed by atoms with Crippen molar-refractivity contribution in [3.05, 3.63) is 39.4 Å². The SMILES string of the molecule is Cc1ccc(C(=O)NC(C)(C#N)C(C)C)cc1[N+](=O)[O-]. The van der Waals surface area contributed by atoms with Gasteiger partial charge < -0.3 is 5.32 Å². The summed E-state index contributed by atoms with van der Waals surface area (Å²) in [6.07, 6.45) is 0. The summed E-state index contributed by atoms with van der Waals surface area (Å²) < 4.78 is 0. The number of nitro groups is 1. The first-order valence-corrected chi connectivity index (χ1v) is 6.20. The van der Waals surface area contributed by atoms with Crippen molar-refractivity contribution < 1.29 is 9.72 Å². The van der Waals surface area contributed by atoms with E-state index in [0.29, 0.717) is 5.56 Å². The first kappa shape index (κ1) is 15.6. The Balaban J connectivity index is 3.08. The van der Waals surface area contributed by atoms with Gasteiger partial charge in [0.05, 0.1) is 11.0 Å². The molecule has 0 heterocycles. The van der Waals surface area contributed by atoms with Gasteiger partial charge in [-0.05, 0) is 25.8 Å². The topological polar surface area (TPSA) is 96.0 Å². The Morgan fingerprint density at radius 3 is 2.55 bits per heavy atom. The summed E-state index contributed by atoms with van der Waals surface area (Å²) in [5.74, 6) is -0.581. The summed E-state index contributed by atoms with van der Waals surface area (Å²) in [6, 6.07) is 6.32. The molecule has 1 aromatic carbocycles. The van der Waals surface area contributed by atoms with Crippen LogP contribution in [0.4, 0.5) is 5.69 Å². The highest BCUT2D eigenvalue weighted by atomic mass is 16.6. The lowest BCUT2D eigenvalue weighted by molar-refractivity contribution is -0.385. The number of carbonyl (C=O) groups excluding carboxylic acids is 1. The predicted molar refractivity (Wildman–Crippen MR) is 74.2 cm³/mol. The molecule has 1 rings (SSSR count). The lowest BCUT2D eigenvalue weighted by Crippen LogP contribution is -2.48. The van der Waals surface area contributed by atoms with Gasteiger partial charge in [0.25, 0.3) is 11.6 Å². The van der Waals surface area contributed by atoms with Gasteiger partial charge in [-0.1, -0.05) is 19.9 Å². The van der Waals surface area contributed by atoms with Crippen molar-refractivity contribution in [3.63, 3.8) is 0 Å². The Hall–Kier alpha value is -2.42. The van der Waals surface area contributed by atoms with E-state index in [4.69, 9.17) is 5.26 Å². The smallest absolute Gasteiger partial charge is 0.273 e. The Labute approximate surface area is 117 Å². The molecule has 0 radical (unpaired) electrons. The molecule has 0 aliphatic rings. The van der Waals surface area contributed by atoms with Crippen LogP contribution >= 0.6 is 0 Å². The van der Waals surface area contributed by atoms with E-state index in [-0.39, 0.29) is 17.2 Å². The van der Waals surface area contributed by atoms with Crippen molar-refractivity contribution in [3.8, 4) is 6.07 Å². The van der Waals surface area contributed by atoms with Crippen LogP contribution < -0.4 is 5.32 Å². The predicted octanol–water partition coefficient (Wildman–Crippen LogP) is 2.57. The second kappa shape index (κ2) is 5.70. The first-order chi connectivity index (χ1) is 9.21. The second-order valence-electron chi connectivity index (χ2n) is 5.18. The number of benzene rings is 1. The molecule has 6 nitrogen and oxygen atoms in total. The van der Waals surface area contributed by atoms with Crippen molar-refractivity contribution in [2.24, 2.45) is 5.92 Å². The molecule has 0 bridgehead atoms. The Kier molecular flexibility index (Phi) is 4.45. The summed E-state index contributed by atoms with van der Waals surface area (Å²) in [7, 11) is 0. The summed E-state index contributed by atoms with van der Waals surface area (Å²) >= 11 is 0. The van der Waals surface area contributed by atoms with Gasteiger partial charge in [0.15, 0.2) is 0 Å². The van der Waals surface area contributed by atoms with E-state index in [2.05, 4.69) is 11.4 Å². The molecule has 0 aromatic heterocycles. The van der Waals surface area contributed by atoms with Gasteiger partial charge in [0.1, 0.15) is 5.54 Å². The number of nitriles is 1. The molecule has 1 unspecified atom stereocenters. The highest BCUT2D eigenvalue weighted by molar-refractivity contribution is 5.95. The zero-order valence-corrected chi connectivity index (χ0v) is 11.9. The Morgan fingerprint density at radius 2 is 2.10 bits per heavy atom. The summed E-state index contributed by atoms with van der Waals surface area (Å²) in [5.41, 5.74) is -0.472. The fourth-order valence-corrected chi connectivity index (χ4v) is 1.56. The van der Waals surface area contributed by atoms with Crippen LogP contribution in [0.15, 0.2) is 18.2 Å².